The first-order valence-corrected chi connectivity index (χ1v) is 6.70. The summed E-state index contributed by atoms with van der Waals surface area (Å²) in [7, 11) is 0. The third kappa shape index (κ3) is 1.87. The molecule has 2 aromatic rings. The van der Waals surface area contributed by atoms with E-state index < -0.39 is 0 Å². The van der Waals surface area contributed by atoms with Gasteiger partial charge in [0.2, 0.25) is 0 Å². The van der Waals surface area contributed by atoms with Crippen LogP contribution in [0.2, 0.25) is 0 Å². The molecule has 2 heterocycles. The van der Waals surface area contributed by atoms with Crippen LogP contribution < -0.4 is 5.73 Å². The summed E-state index contributed by atoms with van der Waals surface area (Å²) in [4.78, 5) is 0. The van der Waals surface area contributed by atoms with E-state index in [9.17, 15) is 0 Å². The maximum absolute atomic E-state index is 5.71. The Morgan fingerprint density at radius 1 is 1.18 bits per heavy atom. The van der Waals surface area contributed by atoms with Crippen molar-refractivity contribution in [3.63, 3.8) is 0 Å². The monoisotopic (exact) mass is 228 g/mol. The third-order valence-corrected chi connectivity index (χ3v) is 3.82. The molecule has 2 heteroatoms. The maximum Gasteiger partial charge on any atom is 0.0515 e. The normalized spacial score (nSPS) is 15.8. The van der Waals surface area contributed by atoms with E-state index in [1.165, 1.54) is 47.7 Å². The Labute approximate surface area is 102 Å². The molecular formula is C15H20N2. The van der Waals surface area contributed by atoms with Crippen molar-refractivity contribution in [3.05, 3.63) is 35.5 Å². The lowest BCUT2D eigenvalue weighted by Crippen LogP contribution is -2.03. The van der Waals surface area contributed by atoms with Gasteiger partial charge in [-0.1, -0.05) is 24.6 Å². The van der Waals surface area contributed by atoms with Crippen molar-refractivity contribution < 1.29 is 0 Å². The molecular weight excluding hydrogens is 208 g/mol. The summed E-state index contributed by atoms with van der Waals surface area (Å²) >= 11 is 0. The fraction of sp³-hybridized carbons (Fsp3) is 0.467. The molecule has 0 radical (unpaired) electrons. The molecule has 3 rings (SSSR count). The van der Waals surface area contributed by atoms with E-state index in [-0.39, 0.29) is 0 Å². The maximum atomic E-state index is 5.71. The summed E-state index contributed by atoms with van der Waals surface area (Å²) in [5, 5.41) is 1.43. The first kappa shape index (κ1) is 10.8. The minimum absolute atomic E-state index is 0.739. The van der Waals surface area contributed by atoms with Crippen molar-refractivity contribution in [2.75, 3.05) is 6.54 Å². The molecule has 0 unspecified atom stereocenters. The highest BCUT2D eigenvalue weighted by Gasteiger charge is 2.13. The summed E-state index contributed by atoms with van der Waals surface area (Å²) in [5.41, 5.74) is 10.1. The molecule has 1 aromatic carbocycles. The van der Waals surface area contributed by atoms with Gasteiger partial charge in [0.15, 0.2) is 0 Å². The summed E-state index contributed by atoms with van der Waals surface area (Å²) in [5.74, 6) is 0. The van der Waals surface area contributed by atoms with Gasteiger partial charge in [0, 0.05) is 18.1 Å². The Bertz CT molecular complexity index is 525. The topological polar surface area (TPSA) is 30.9 Å². The summed E-state index contributed by atoms with van der Waals surface area (Å²) in [6, 6.07) is 6.74. The number of benzene rings is 1. The number of aromatic nitrogens is 1. The molecule has 17 heavy (non-hydrogen) atoms. The van der Waals surface area contributed by atoms with E-state index in [0.29, 0.717) is 0 Å². The Morgan fingerprint density at radius 3 is 3.00 bits per heavy atom. The number of para-hydroxylation sites is 1. The van der Waals surface area contributed by atoms with E-state index >= 15 is 0 Å². The number of rotatable bonds is 2. The van der Waals surface area contributed by atoms with Gasteiger partial charge in [-0.05, 0) is 43.4 Å². The SMILES string of the molecule is NCCc1cn2c3c(cccc13)CCCCC2. The Morgan fingerprint density at radius 2 is 2.12 bits per heavy atom. The van der Waals surface area contributed by atoms with Crippen LogP contribution in [0.3, 0.4) is 0 Å². The second kappa shape index (κ2) is 4.53. The van der Waals surface area contributed by atoms with Crippen molar-refractivity contribution in [2.24, 2.45) is 5.73 Å². The van der Waals surface area contributed by atoms with E-state index in [2.05, 4.69) is 29.0 Å². The van der Waals surface area contributed by atoms with Crippen molar-refractivity contribution in [1.29, 1.82) is 0 Å². The Kier molecular flexibility index (Phi) is 2.89. The standard InChI is InChI=1S/C15H20N2/c16-9-8-13-11-17-10-3-1-2-5-12-6-4-7-14(13)15(12)17/h4,6-7,11H,1-3,5,8-10,16H2. The first-order chi connectivity index (χ1) is 8.40. The van der Waals surface area contributed by atoms with Crippen molar-refractivity contribution >= 4 is 10.9 Å². The molecule has 1 aliphatic rings. The van der Waals surface area contributed by atoms with Crippen LogP contribution in [0, 0.1) is 0 Å². The van der Waals surface area contributed by atoms with Crippen LogP contribution in [0.25, 0.3) is 10.9 Å². The largest absolute Gasteiger partial charge is 0.347 e. The number of hydrogen-bond donors (Lipinski definition) is 1. The molecule has 1 aliphatic heterocycles. The minimum atomic E-state index is 0.739. The minimum Gasteiger partial charge on any atom is -0.347 e. The molecule has 0 saturated heterocycles. The van der Waals surface area contributed by atoms with Gasteiger partial charge < -0.3 is 10.3 Å². The zero-order chi connectivity index (χ0) is 11.7. The van der Waals surface area contributed by atoms with Gasteiger partial charge in [-0.2, -0.15) is 0 Å². The lowest BCUT2D eigenvalue weighted by atomic mass is 10.0. The number of hydrogen-bond acceptors (Lipinski definition) is 1. The lowest BCUT2D eigenvalue weighted by Gasteiger charge is -2.13. The Hall–Kier alpha value is -1.28. The number of nitrogens with zero attached hydrogens (tertiary/aromatic N) is 1. The third-order valence-electron chi connectivity index (χ3n) is 3.82. The van der Waals surface area contributed by atoms with E-state index in [0.717, 1.165) is 19.5 Å². The molecule has 0 fully saturated rings. The van der Waals surface area contributed by atoms with Gasteiger partial charge in [-0.3, -0.25) is 0 Å². The van der Waals surface area contributed by atoms with Crippen LogP contribution in [-0.4, -0.2) is 11.1 Å². The predicted octanol–water partition coefficient (Wildman–Crippen LogP) is 2.87. The highest BCUT2D eigenvalue weighted by molar-refractivity contribution is 5.87. The fourth-order valence-corrected chi connectivity index (χ4v) is 3.02. The summed E-state index contributed by atoms with van der Waals surface area (Å²) in [6.45, 7) is 1.90. The highest BCUT2D eigenvalue weighted by Crippen LogP contribution is 2.28. The molecule has 0 aliphatic carbocycles. The average molecular weight is 228 g/mol. The fourth-order valence-electron chi connectivity index (χ4n) is 3.02. The van der Waals surface area contributed by atoms with Crippen LogP contribution in [0.5, 0.6) is 0 Å². The quantitative estimate of drug-likeness (QED) is 0.842. The van der Waals surface area contributed by atoms with Crippen molar-refractivity contribution in [3.8, 4) is 0 Å². The summed E-state index contributed by atoms with van der Waals surface area (Å²) in [6.07, 6.45) is 8.53. The van der Waals surface area contributed by atoms with Crippen LogP contribution in [0.4, 0.5) is 0 Å². The number of nitrogens with two attached hydrogens (primary N) is 1. The van der Waals surface area contributed by atoms with Gasteiger partial charge in [-0.15, -0.1) is 0 Å². The van der Waals surface area contributed by atoms with Crippen LogP contribution in [0.15, 0.2) is 24.4 Å². The second-order valence-electron chi connectivity index (χ2n) is 5.01. The summed E-state index contributed by atoms with van der Waals surface area (Å²) < 4.78 is 2.45. The van der Waals surface area contributed by atoms with Gasteiger partial charge in [-0.25, -0.2) is 0 Å². The molecule has 0 saturated carbocycles. The smallest absolute Gasteiger partial charge is 0.0515 e. The molecule has 0 amide bonds. The molecule has 0 bridgehead atoms. The second-order valence-corrected chi connectivity index (χ2v) is 5.01. The average Bonchev–Trinajstić information content (AvgIpc) is 2.66. The van der Waals surface area contributed by atoms with Crippen LogP contribution in [-0.2, 0) is 19.4 Å². The van der Waals surface area contributed by atoms with Crippen molar-refractivity contribution in [2.45, 2.75) is 38.6 Å². The Balaban J connectivity index is 2.21. The molecule has 2 nitrogen and oxygen atoms in total. The van der Waals surface area contributed by atoms with Crippen molar-refractivity contribution in [1.82, 2.24) is 4.57 Å². The molecule has 90 valence electrons. The zero-order valence-corrected chi connectivity index (χ0v) is 10.3. The number of aryl methyl sites for hydroxylation is 2. The van der Waals surface area contributed by atoms with Gasteiger partial charge in [0.1, 0.15) is 0 Å². The van der Waals surface area contributed by atoms with Gasteiger partial charge in [0.25, 0.3) is 0 Å². The lowest BCUT2D eigenvalue weighted by molar-refractivity contribution is 0.584. The molecule has 0 spiro atoms. The van der Waals surface area contributed by atoms with Crippen LogP contribution >= 0.6 is 0 Å². The van der Waals surface area contributed by atoms with E-state index in [4.69, 9.17) is 5.73 Å². The zero-order valence-electron chi connectivity index (χ0n) is 10.3. The van der Waals surface area contributed by atoms with E-state index in [1.54, 1.807) is 0 Å². The van der Waals surface area contributed by atoms with Gasteiger partial charge in [0.05, 0.1) is 5.52 Å². The van der Waals surface area contributed by atoms with Crippen LogP contribution in [0.1, 0.15) is 30.4 Å². The molecule has 2 N–H and O–H groups in total. The molecule has 0 atom stereocenters. The predicted molar refractivity (Wildman–Crippen MR) is 72.3 cm³/mol. The molecule has 1 aromatic heterocycles. The van der Waals surface area contributed by atoms with E-state index in [1.807, 2.05) is 0 Å². The highest BCUT2D eigenvalue weighted by atomic mass is 15.0. The van der Waals surface area contributed by atoms with Gasteiger partial charge >= 0.3 is 0 Å². The first-order valence-electron chi connectivity index (χ1n) is 6.70.